The average Bonchev–Trinajstić information content (AvgIpc) is 2.31. The molecule has 0 N–H and O–H groups in total. The summed E-state index contributed by atoms with van der Waals surface area (Å²) >= 11 is 4.11. The van der Waals surface area contributed by atoms with Crippen LogP contribution in [0.3, 0.4) is 0 Å². The first-order valence-corrected chi connectivity index (χ1v) is 3.84. The maximum atomic E-state index is 11.0. The number of ether oxygens (including phenoxy) is 1. The number of carbonyl (C=O) groups is 1. The Morgan fingerprint density at radius 1 is 2.10 bits per heavy atom. The highest BCUT2D eigenvalue weighted by Gasteiger charge is 2.08. The Labute approximate surface area is 74.4 Å². The third kappa shape index (κ3) is 1.54. The fourth-order valence-electron chi connectivity index (χ4n) is 0.392. The summed E-state index contributed by atoms with van der Waals surface area (Å²) in [6, 6.07) is 0. The molecular formula is C5H4BrNO2S. The molecule has 54 valence electrons. The van der Waals surface area contributed by atoms with Gasteiger partial charge in [-0.1, -0.05) is 0 Å². The molecule has 1 aromatic heterocycles. The van der Waals surface area contributed by atoms with Crippen LogP contribution in [0.5, 0.6) is 0 Å². The Morgan fingerprint density at radius 3 is 3.40 bits per heavy atom. The number of aromatic nitrogens is 1. The van der Waals surface area contributed by atoms with Gasteiger partial charge in [-0.15, -0.1) is 11.3 Å². The zero-order chi connectivity index (χ0) is 10.1. The molecule has 0 aromatic carbocycles. The van der Waals surface area contributed by atoms with Gasteiger partial charge in [0.1, 0.15) is 0 Å². The highest BCUT2D eigenvalue weighted by atomic mass is 79.9. The van der Waals surface area contributed by atoms with Gasteiger partial charge in [0.05, 0.1) is 21.1 Å². The van der Waals surface area contributed by atoms with Crippen LogP contribution >= 0.6 is 27.3 Å². The van der Waals surface area contributed by atoms with E-state index in [2.05, 4.69) is 25.7 Å². The number of hydrogen-bond donors (Lipinski definition) is 0. The van der Waals surface area contributed by atoms with E-state index in [1.165, 1.54) is 6.20 Å². The normalized spacial score (nSPS) is 15.1. The lowest BCUT2D eigenvalue weighted by Gasteiger charge is -1.89. The van der Waals surface area contributed by atoms with E-state index >= 15 is 0 Å². The van der Waals surface area contributed by atoms with E-state index in [4.69, 9.17) is 4.11 Å². The quantitative estimate of drug-likeness (QED) is 0.682. The van der Waals surface area contributed by atoms with Crippen LogP contribution in [-0.4, -0.2) is 18.0 Å². The Hall–Kier alpha value is -0.420. The van der Waals surface area contributed by atoms with Crippen LogP contribution in [0.1, 0.15) is 13.9 Å². The monoisotopic (exact) mass is 224 g/mol. The number of thiazole rings is 1. The van der Waals surface area contributed by atoms with Crippen molar-refractivity contribution >= 4 is 33.2 Å². The smallest absolute Gasteiger partial charge is 0.367 e. The molecule has 1 heterocycles. The molecular weight excluding hydrogens is 218 g/mol. The molecule has 10 heavy (non-hydrogen) atoms. The van der Waals surface area contributed by atoms with Crippen LogP contribution < -0.4 is 0 Å². The van der Waals surface area contributed by atoms with E-state index in [1.54, 1.807) is 0 Å². The highest BCUT2D eigenvalue weighted by molar-refractivity contribution is 9.11. The third-order valence-corrected chi connectivity index (χ3v) is 2.20. The maximum absolute atomic E-state index is 11.0. The minimum absolute atomic E-state index is 0.0167. The zero-order valence-corrected chi connectivity index (χ0v) is 7.03. The molecule has 0 atom stereocenters. The van der Waals surface area contributed by atoms with Crippen molar-refractivity contribution in [3.63, 3.8) is 0 Å². The number of halogens is 1. The van der Waals surface area contributed by atoms with Gasteiger partial charge in [0.25, 0.3) is 0 Å². The second-order valence-electron chi connectivity index (χ2n) is 1.36. The molecule has 0 aliphatic heterocycles. The van der Waals surface area contributed by atoms with Gasteiger partial charge in [0.2, 0.25) is 5.01 Å². The minimum Gasteiger partial charge on any atom is -0.464 e. The van der Waals surface area contributed by atoms with Crippen molar-refractivity contribution < 1.29 is 13.6 Å². The molecule has 0 radical (unpaired) electrons. The minimum atomic E-state index is -2.71. The summed E-state index contributed by atoms with van der Waals surface area (Å²) in [5, 5.41) is 0.0167. The van der Waals surface area contributed by atoms with E-state index < -0.39 is 13.0 Å². The molecule has 0 saturated heterocycles. The van der Waals surface area contributed by atoms with Crippen LogP contribution in [0, 0.1) is 0 Å². The molecule has 0 amide bonds. The first kappa shape index (κ1) is 4.46. The van der Waals surface area contributed by atoms with Gasteiger partial charge in [-0.05, 0) is 15.9 Å². The average molecular weight is 225 g/mol. The lowest BCUT2D eigenvalue weighted by atomic mass is 10.7. The summed E-state index contributed by atoms with van der Waals surface area (Å²) in [4.78, 5) is 14.7. The largest absolute Gasteiger partial charge is 0.464 e. The Morgan fingerprint density at radius 2 is 2.90 bits per heavy atom. The first-order valence-electron chi connectivity index (χ1n) is 3.73. The van der Waals surface area contributed by atoms with Gasteiger partial charge in [-0.25, -0.2) is 9.78 Å². The standard InChI is InChI=1S/C5H4BrNO2S/c1-9-5(8)4-7-2-3(6)10-4/h2H,1H3/i1D3. The van der Waals surface area contributed by atoms with Gasteiger partial charge in [-0.2, -0.15) is 0 Å². The van der Waals surface area contributed by atoms with Crippen molar-refractivity contribution in [1.82, 2.24) is 4.98 Å². The SMILES string of the molecule is [2H]C([2H])([2H])OC(=O)c1ncc(Br)s1. The Bertz CT molecular complexity index is 324. The molecule has 3 nitrogen and oxygen atoms in total. The summed E-state index contributed by atoms with van der Waals surface area (Å²) in [7, 11) is -2.71. The van der Waals surface area contributed by atoms with Crippen molar-refractivity contribution in [2.75, 3.05) is 7.04 Å². The summed E-state index contributed by atoms with van der Waals surface area (Å²) in [5.41, 5.74) is 0. The third-order valence-electron chi connectivity index (χ3n) is 0.745. The van der Waals surface area contributed by atoms with Crippen LogP contribution in [0.2, 0.25) is 0 Å². The number of carbonyl (C=O) groups excluding carboxylic acids is 1. The summed E-state index contributed by atoms with van der Waals surface area (Å²) < 4.78 is 24.8. The van der Waals surface area contributed by atoms with Gasteiger partial charge in [0, 0.05) is 0 Å². The number of rotatable bonds is 1. The molecule has 0 saturated carbocycles. The maximum Gasteiger partial charge on any atom is 0.367 e. The van der Waals surface area contributed by atoms with Crippen LogP contribution in [0.15, 0.2) is 9.98 Å². The number of methoxy groups -OCH3 is 1. The van der Waals surface area contributed by atoms with Gasteiger partial charge < -0.3 is 4.74 Å². The molecule has 0 unspecified atom stereocenters. The summed E-state index contributed by atoms with van der Waals surface area (Å²) in [5.74, 6) is -0.935. The number of nitrogens with zero attached hydrogens (tertiary/aromatic N) is 1. The molecule has 0 bridgehead atoms. The van der Waals surface area contributed by atoms with E-state index in [9.17, 15) is 4.79 Å². The van der Waals surface area contributed by atoms with Crippen LogP contribution in [0.25, 0.3) is 0 Å². The molecule has 0 spiro atoms. The lowest BCUT2D eigenvalue weighted by Crippen LogP contribution is -1.98. The highest BCUT2D eigenvalue weighted by Crippen LogP contribution is 2.19. The molecule has 5 heteroatoms. The van der Waals surface area contributed by atoms with Gasteiger partial charge >= 0.3 is 5.97 Å². The van der Waals surface area contributed by atoms with E-state index in [0.717, 1.165) is 11.3 Å². The second-order valence-corrected chi connectivity index (χ2v) is 3.77. The predicted molar refractivity (Wildman–Crippen MR) is 41.2 cm³/mol. The molecule has 1 rings (SSSR count). The van der Waals surface area contributed by atoms with Gasteiger partial charge in [-0.3, -0.25) is 0 Å². The van der Waals surface area contributed by atoms with E-state index in [1.807, 2.05) is 0 Å². The fraction of sp³-hybridized carbons (Fsp3) is 0.200. The van der Waals surface area contributed by atoms with Crippen LogP contribution in [-0.2, 0) is 4.74 Å². The first-order chi connectivity index (χ1) is 5.88. The molecule has 1 aromatic rings. The topological polar surface area (TPSA) is 39.2 Å². The predicted octanol–water partition coefficient (Wildman–Crippen LogP) is 1.69. The number of hydrogen-bond acceptors (Lipinski definition) is 4. The molecule has 0 aliphatic rings. The Balaban J connectivity index is 2.70. The van der Waals surface area contributed by atoms with Crippen molar-refractivity contribution in [1.29, 1.82) is 0 Å². The van der Waals surface area contributed by atoms with Crippen molar-refractivity contribution in [2.24, 2.45) is 0 Å². The summed E-state index contributed by atoms with van der Waals surface area (Å²) in [6.45, 7) is 0. The van der Waals surface area contributed by atoms with Crippen molar-refractivity contribution in [2.45, 2.75) is 0 Å². The van der Waals surface area contributed by atoms with Gasteiger partial charge in [0.15, 0.2) is 0 Å². The van der Waals surface area contributed by atoms with Crippen LogP contribution in [0.4, 0.5) is 0 Å². The number of esters is 1. The summed E-state index contributed by atoms with van der Waals surface area (Å²) in [6.07, 6.45) is 1.40. The lowest BCUT2D eigenvalue weighted by molar-refractivity contribution is 0.0600. The van der Waals surface area contributed by atoms with E-state index in [-0.39, 0.29) is 5.01 Å². The zero-order valence-electron chi connectivity index (χ0n) is 7.63. The van der Waals surface area contributed by atoms with Crippen molar-refractivity contribution in [3.8, 4) is 0 Å². The Kier molecular flexibility index (Phi) is 1.39. The molecule has 0 aliphatic carbocycles. The second kappa shape index (κ2) is 3.12. The van der Waals surface area contributed by atoms with Crippen molar-refractivity contribution in [3.05, 3.63) is 15.0 Å². The fourth-order valence-corrected chi connectivity index (χ4v) is 1.48. The molecule has 0 fully saturated rings. The van der Waals surface area contributed by atoms with E-state index in [0.29, 0.717) is 3.79 Å².